The van der Waals surface area contributed by atoms with E-state index < -0.39 is 5.60 Å². The van der Waals surface area contributed by atoms with Gasteiger partial charge >= 0.3 is 0 Å². The summed E-state index contributed by atoms with van der Waals surface area (Å²) in [6, 6.07) is 7.08. The van der Waals surface area contributed by atoms with Crippen LogP contribution < -0.4 is 9.47 Å². The first-order valence-electron chi connectivity index (χ1n) is 12.6. The van der Waals surface area contributed by atoms with Crippen LogP contribution in [0.2, 0.25) is 0 Å². The molecule has 3 saturated heterocycles. The fraction of sp³-hybridized carbons (Fsp3) is 0.615. The molecule has 0 aliphatic carbocycles. The lowest BCUT2D eigenvalue weighted by molar-refractivity contribution is -0.0834. The Morgan fingerprint density at radius 1 is 1.09 bits per heavy atom. The van der Waals surface area contributed by atoms with Gasteiger partial charge in [0.05, 0.1) is 25.4 Å². The van der Waals surface area contributed by atoms with Gasteiger partial charge in [0.25, 0.3) is 5.88 Å². The Balaban J connectivity index is 1.10. The maximum atomic E-state index is 13.0. The third kappa shape index (κ3) is 6.22. The number of aromatic nitrogens is 1. The van der Waals surface area contributed by atoms with Gasteiger partial charge in [-0.1, -0.05) is 0 Å². The molecule has 1 atom stereocenters. The molecular formula is C26H34N2O7. The average molecular weight is 487 g/mol. The first-order chi connectivity index (χ1) is 17.1. The molecule has 1 aromatic heterocycles. The molecule has 0 bridgehead atoms. The molecule has 0 spiro atoms. The molecule has 0 unspecified atom stereocenters. The summed E-state index contributed by atoms with van der Waals surface area (Å²) in [7, 11) is 0. The minimum Gasteiger partial charge on any atom is -0.488 e. The Hall–Kier alpha value is -2.46. The molecule has 0 amide bonds. The van der Waals surface area contributed by atoms with Gasteiger partial charge in [0, 0.05) is 44.6 Å². The van der Waals surface area contributed by atoms with Gasteiger partial charge < -0.3 is 33.5 Å². The van der Waals surface area contributed by atoms with E-state index in [1.807, 2.05) is 0 Å². The number of benzene rings is 1. The molecule has 5 rings (SSSR count). The highest BCUT2D eigenvalue weighted by Crippen LogP contribution is 2.27. The van der Waals surface area contributed by atoms with Crippen molar-refractivity contribution in [1.82, 2.24) is 10.1 Å². The summed E-state index contributed by atoms with van der Waals surface area (Å²) in [5.74, 6) is 1.12. The third-order valence-electron chi connectivity index (χ3n) is 7.19. The van der Waals surface area contributed by atoms with E-state index >= 15 is 0 Å². The number of likely N-dealkylation sites (tertiary alicyclic amines) is 1. The highest BCUT2D eigenvalue weighted by atomic mass is 16.5. The zero-order valence-corrected chi connectivity index (χ0v) is 20.0. The van der Waals surface area contributed by atoms with Crippen LogP contribution in [0.15, 0.2) is 35.1 Å². The number of carbonyl (C=O) groups excluding carboxylic acids is 1. The molecule has 1 aromatic carbocycles. The van der Waals surface area contributed by atoms with Crippen molar-refractivity contribution in [3.63, 3.8) is 0 Å². The fourth-order valence-corrected chi connectivity index (χ4v) is 4.95. The van der Waals surface area contributed by atoms with Crippen LogP contribution in [0.5, 0.6) is 11.6 Å². The van der Waals surface area contributed by atoms with Gasteiger partial charge in [0.15, 0.2) is 0 Å². The second kappa shape index (κ2) is 11.1. The molecule has 2 aromatic rings. The van der Waals surface area contributed by atoms with Gasteiger partial charge in [-0.05, 0) is 61.3 Å². The van der Waals surface area contributed by atoms with Crippen LogP contribution in [-0.4, -0.2) is 85.3 Å². The first-order valence-corrected chi connectivity index (χ1v) is 12.6. The molecule has 35 heavy (non-hydrogen) atoms. The molecule has 0 radical (unpaired) electrons. The van der Waals surface area contributed by atoms with Crippen LogP contribution in [0.4, 0.5) is 0 Å². The van der Waals surface area contributed by atoms with Crippen LogP contribution in [0, 0.1) is 5.92 Å². The van der Waals surface area contributed by atoms with E-state index in [2.05, 4.69) is 10.1 Å². The molecule has 3 aliphatic rings. The second-order valence-electron chi connectivity index (χ2n) is 9.86. The molecule has 0 saturated carbocycles. The number of hydrogen-bond acceptors (Lipinski definition) is 9. The number of rotatable bonds is 9. The molecule has 190 valence electrons. The van der Waals surface area contributed by atoms with Crippen LogP contribution >= 0.6 is 0 Å². The van der Waals surface area contributed by atoms with Crippen LogP contribution in [0.1, 0.15) is 48.0 Å². The van der Waals surface area contributed by atoms with E-state index in [9.17, 15) is 9.90 Å². The lowest BCUT2D eigenvalue weighted by atomic mass is 9.91. The van der Waals surface area contributed by atoms with Gasteiger partial charge in [0.2, 0.25) is 5.78 Å². The Morgan fingerprint density at radius 3 is 2.57 bits per heavy atom. The van der Waals surface area contributed by atoms with Crippen LogP contribution in [0.25, 0.3) is 0 Å². The van der Waals surface area contributed by atoms with Gasteiger partial charge in [0.1, 0.15) is 23.7 Å². The van der Waals surface area contributed by atoms with Crippen molar-refractivity contribution in [3.8, 4) is 11.6 Å². The number of β-amino-alcohol motifs (C(OH)–C–C–N with tert-alkyl or cyclic N) is 1. The summed E-state index contributed by atoms with van der Waals surface area (Å²) in [4.78, 5) is 15.4. The summed E-state index contributed by atoms with van der Waals surface area (Å²) in [5, 5.41) is 14.7. The topological polar surface area (TPSA) is 103 Å². The zero-order valence-electron chi connectivity index (χ0n) is 20.0. The lowest BCUT2D eigenvalue weighted by Crippen LogP contribution is -2.49. The lowest BCUT2D eigenvalue weighted by Gasteiger charge is -2.39. The summed E-state index contributed by atoms with van der Waals surface area (Å²) >= 11 is 0. The number of ketones is 1. The Bertz CT molecular complexity index is 956. The summed E-state index contributed by atoms with van der Waals surface area (Å²) in [5.41, 5.74) is 0.210. The average Bonchev–Trinajstić information content (AvgIpc) is 3.56. The van der Waals surface area contributed by atoms with Gasteiger partial charge in [-0.15, -0.1) is 0 Å². The van der Waals surface area contributed by atoms with Crippen LogP contribution in [-0.2, 0) is 9.47 Å². The monoisotopic (exact) mass is 486 g/mol. The third-order valence-corrected chi connectivity index (χ3v) is 7.19. The molecule has 3 aliphatic heterocycles. The number of carbonyl (C=O) groups is 1. The van der Waals surface area contributed by atoms with Crippen molar-refractivity contribution in [2.75, 3.05) is 52.7 Å². The highest BCUT2D eigenvalue weighted by Gasteiger charge is 2.33. The number of piperidine rings is 1. The molecule has 9 nitrogen and oxygen atoms in total. The SMILES string of the molecule is O=C(c1ccc(O[C@@H]2CCOC2)cc1)c1conc1OCC1CCN(CC2(O)CCOCC2)CC1. The van der Waals surface area contributed by atoms with E-state index in [1.165, 1.54) is 6.26 Å². The Kier molecular flexibility index (Phi) is 7.67. The van der Waals surface area contributed by atoms with Gasteiger partial charge in [-0.2, -0.15) is 0 Å². The van der Waals surface area contributed by atoms with Crippen molar-refractivity contribution in [3.05, 3.63) is 41.7 Å². The Morgan fingerprint density at radius 2 is 1.86 bits per heavy atom. The van der Waals surface area contributed by atoms with Crippen molar-refractivity contribution < 1.29 is 33.4 Å². The maximum Gasteiger partial charge on any atom is 0.265 e. The van der Waals surface area contributed by atoms with Gasteiger partial charge in [-0.3, -0.25) is 4.79 Å². The molecule has 3 fully saturated rings. The largest absolute Gasteiger partial charge is 0.488 e. The van der Waals surface area contributed by atoms with E-state index in [1.54, 1.807) is 24.3 Å². The minimum absolute atomic E-state index is 0.0631. The standard InChI is InChI=1S/C26H34N2O7/c29-24(20-1-3-21(4-2-20)35-22-7-12-32-16-22)23-17-34-27-25(23)33-15-19-5-10-28(11-6-19)18-26(30)8-13-31-14-9-26/h1-4,17,19,22,30H,5-16,18H2/t22-/m1/s1. The summed E-state index contributed by atoms with van der Waals surface area (Å²) in [6.45, 7) is 5.60. The molecule has 9 heteroatoms. The van der Waals surface area contributed by atoms with E-state index in [-0.39, 0.29) is 17.8 Å². The fourth-order valence-electron chi connectivity index (χ4n) is 4.95. The van der Waals surface area contributed by atoms with E-state index in [0.29, 0.717) is 68.6 Å². The molecular weight excluding hydrogens is 452 g/mol. The smallest absolute Gasteiger partial charge is 0.265 e. The maximum absolute atomic E-state index is 13.0. The van der Waals surface area contributed by atoms with Crippen LogP contribution in [0.3, 0.4) is 0 Å². The normalized spacial score (nSPS) is 23.3. The van der Waals surface area contributed by atoms with E-state index in [4.69, 9.17) is 23.5 Å². The van der Waals surface area contributed by atoms with Crippen molar-refractivity contribution >= 4 is 5.78 Å². The van der Waals surface area contributed by atoms with Crippen molar-refractivity contribution in [2.24, 2.45) is 5.92 Å². The van der Waals surface area contributed by atoms with Crippen molar-refractivity contribution in [2.45, 2.75) is 43.8 Å². The number of nitrogens with zero attached hydrogens (tertiary/aromatic N) is 2. The zero-order chi connectivity index (χ0) is 24.1. The highest BCUT2D eigenvalue weighted by molar-refractivity contribution is 6.10. The quantitative estimate of drug-likeness (QED) is 0.536. The molecule has 1 N–H and O–H groups in total. The second-order valence-corrected chi connectivity index (χ2v) is 9.86. The van der Waals surface area contributed by atoms with Crippen molar-refractivity contribution in [1.29, 1.82) is 0 Å². The summed E-state index contributed by atoms with van der Waals surface area (Å²) in [6.07, 6.45) is 5.62. The molecule has 4 heterocycles. The Labute approximate surface area is 205 Å². The predicted octanol–water partition coefficient (Wildman–Crippen LogP) is 2.71. The first kappa shape index (κ1) is 24.2. The predicted molar refractivity (Wildman–Crippen MR) is 126 cm³/mol. The summed E-state index contributed by atoms with van der Waals surface area (Å²) < 4.78 is 27.6. The number of hydrogen-bond donors (Lipinski definition) is 1. The van der Waals surface area contributed by atoms with E-state index in [0.717, 1.165) is 39.0 Å². The minimum atomic E-state index is -0.632. The number of ether oxygens (including phenoxy) is 4. The van der Waals surface area contributed by atoms with Gasteiger partial charge in [-0.25, -0.2) is 0 Å². The number of aliphatic hydroxyl groups is 1.